The molecule has 0 radical (unpaired) electrons. The van der Waals surface area contributed by atoms with E-state index in [4.69, 9.17) is 11.6 Å². The van der Waals surface area contributed by atoms with Crippen LogP contribution in [0.3, 0.4) is 0 Å². The van der Waals surface area contributed by atoms with E-state index in [1.807, 2.05) is 13.8 Å². The monoisotopic (exact) mass is 360 g/mol. The fourth-order valence-corrected chi connectivity index (χ4v) is 3.17. The van der Waals surface area contributed by atoms with Gasteiger partial charge in [0, 0.05) is 42.5 Å². The second-order valence-electron chi connectivity index (χ2n) is 6.18. The molecule has 1 aromatic carbocycles. The van der Waals surface area contributed by atoms with Crippen molar-refractivity contribution in [1.82, 2.24) is 14.9 Å². The fourth-order valence-electron chi connectivity index (χ4n) is 2.98. The molecule has 0 bridgehead atoms. The maximum atomic E-state index is 12.6. The van der Waals surface area contributed by atoms with Crippen LogP contribution in [0.5, 0.6) is 0 Å². The third-order valence-electron chi connectivity index (χ3n) is 4.60. The van der Waals surface area contributed by atoms with Crippen LogP contribution in [0.15, 0.2) is 30.6 Å². The SMILES string of the molecule is Cc1ncnc(N2CCN(C(=O)[C@@H](O)c3cccc(Cl)c3)CC2)c1C. The number of aryl methyl sites for hydroxylation is 1. The number of hydrogen-bond acceptors (Lipinski definition) is 5. The molecule has 1 N–H and O–H groups in total. The molecule has 1 aliphatic rings. The highest BCUT2D eigenvalue weighted by Crippen LogP contribution is 2.23. The summed E-state index contributed by atoms with van der Waals surface area (Å²) < 4.78 is 0. The van der Waals surface area contributed by atoms with Crippen molar-refractivity contribution in [3.63, 3.8) is 0 Å². The molecule has 7 heteroatoms. The lowest BCUT2D eigenvalue weighted by Crippen LogP contribution is -2.50. The van der Waals surface area contributed by atoms with Gasteiger partial charge in [0.25, 0.3) is 5.91 Å². The topological polar surface area (TPSA) is 69.6 Å². The Kier molecular flexibility index (Phi) is 5.20. The van der Waals surface area contributed by atoms with Crippen LogP contribution < -0.4 is 4.90 Å². The van der Waals surface area contributed by atoms with Crippen molar-refractivity contribution >= 4 is 23.3 Å². The Morgan fingerprint density at radius 1 is 1.20 bits per heavy atom. The zero-order valence-electron chi connectivity index (χ0n) is 14.3. The maximum absolute atomic E-state index is 12.6. The van der Waals surface area contributed by atoms with E-state index in [0.29, 0.717) is 36.8 Å². The first kappa shape index (κ1) is 17.6. The van der Waals surface area contributed by atoms with Crippen LogP contribution in [0, 0.1) is 13.8 Å². The van der Waals surface area contributed by atoms with Crippen molar-refractivity contribution in [2.75, 3.05) is 31.1 Å². The molecule has 1 atom stereocenters. The molecule has 1 aromatic heterocycles. The van der Waals surface area contributed by atoms with Crippen LogP contribution in [0.4, 0.5) is 5.82 Å². The van der Waals surface area contributed by atoms with E-state index in [9.17, 15) is 9.90 Å². The molecule has 1 aliphatic heterocycles. The summed E-state index contributed by atoms with van der Waals surface area (Å²) in [6.45, 7) is 6.39. The number of halogens is 1. The van der Waals surface area contributed by atoms with Gasteiger partial charge in [0.2, 0.25) is 0 Å². The Morgan fingerprint density at radius 2 is 1.92 bits per heavy atom. The minimum atomic E-state index is -1.19. The predicted molar refractivity (Wildman–Crippen MR) is 96.7 cm³/mol. The third-order valence-corrected chi connectivity index (χ3v) is 4.83. The summed E-state index contributed by atoms with van der Waals surface area (Å²) in [6, 6.07) is 6.77. The summed E-state index contributed by atoms with van der Waals surface area (Å²) in [7, 11) is 0. The minimum Gasteiger partial charge on any atom is -0.378 e. The summed E-state index contributed by atoms with van der Waals surface area (Å²) >= 11 is 5.94. The Hall–Kier alpha value is -2.18. The van der Waals surface area contributed by atoms with Gasteiger partial charge in [-0.25, -0.2) is 9.97 Å². The van der Waals surface area contributed by atoms with Crippen molar-refractivity contribution in [3.8, 4) is 0 Å². The van der Waals surface area contributed by atoms with Gasteiger partial charge in [-0.15, -0.1) is 0 Å². The van der Waals surface area contributed by atoms with Gasteiger partial charge >= 0.3 is 0 Å². The number of aliphatic hydroxyl groups is 1. The molecule has 1 fully saturated rings. The number of amides is 1. The van der Waals surface area contributed by atoms with E-state index in [1.165, 1.54) is 0 Å². The zero-order chi connectivity index (χ0) is 18.0. The molecular weight excluding hydrogens is 340 g/mol. The highest BCUT2D eigenvalue weighted by atomic mass is 35.5. The van der Waals surface area contributed by atoms with E-state index >= 15 is 0 Å². The number of carbonyl (C=O) groups is 1. The van der Waals surface area contributed by atoms with E-state index in [0.717, 1.165) is 17.1 Å². The fraction of sp³-hybridized carbons (Fsp3) is 0.389. The van der Waals surface area contributed by atoms with Gasteiger partial charge < -0.3 is 14.9 Å². The van der Waals surface area contributed by atoms with Crippen molar-refractivity contribution in [2.24, 2.45) is 0 Å². The number of nitrogens with zero attached hydrogens (tertiary/aromatic N) is 4. The van der Waals surface area contributed by atoms with Crippen LogP contribution >= 0.6 is 11.6 Å². The lowest BCUT2D eigenvalue weighted by molar-refractivity contribution is -0.140. The van der Waals surface area contributed by atoms with Gasteiger partial charge in [0.05, 0.1) is 0 Å². The van der Waals surface area contributed by atoms with Crippen LogP contribution in [-0.4, -0.2) is 52.1 Å². The number of hydrogen-bond donors (Lipinski definition) is 1. The van der Waals surface area contributed by atoms with Crippen molar-refractivity contribution < 1.29 is 9.90 Å². The number of carbonyl (C=O) groups excluding carboxylic acids is 1. The first-order valence-electron chi connectivity index (χ1n) is 8.23. The Morgan fingerprint density at radius 3 is 2.60 bits per heavy atom. The van der Waals surface area contributed by atoms with Crippen LogP contribution in [0.1, 0.15) is 22.9 Å². The molecule has 2 aromatic rings. The Bertz CT molecular complexity index is 775. The lowest BCUT2D eigenvalue weighted by Gasteiger charge is -2.36. The van der Waals surface area contributed by atoms with Gasteiger partial charge in [-0.3, -0.25) is 4.79 Å². The summed E-state index contributed by atoms with van der Waals surface area (Å²) in [5.74, 6) is 0.618. The number of anilines is 1. The van der Waals surface area contributed by atoms with E-state index in [-0.39, 0.29) is 5.91 Å². The molecule has 132 valence electrons. The summed E-state index contributed by atoms with van der Waals surface area (Å²) in [5, 5.41) is 10.8. The number of aromatic nitrogens is 2. The first-order valence-corrected chi connectivity index (χ1v) is 8.60. The molecule has 6 nitrogen and oxygen atoms in total. The second-order valence-corrected chi connectivity index (χ2v) is 6.61. The second kappa shape index (κ2) is 7.37. The normalized spacial score (nSPS) is 16.0. The smallest absolute Gasteiger partial charge is 0.256 e. The van der Waals surface area contributed by atoms with Crippen molar-refractivity contribution in [3.05, 3.63) is 52.4 Å². The molecule has 1 amide bonds. The highest BCUT2D eigenvalue weighted by molar-refractivity contribution is 6.30. The summed E-state index contributed by atoms with van der Waals surface area (Å²) in [6.07, 6.45) is 0.381. The van der Waals surface area contributed by atoms with Crippen LogP contribution in [-0.2, 0) is 4.79 Å². The van der Waals surface area contributed by atoms with Crippen LogP contribution in [0.25, 0.3) is 0 Å². The average Bonchev–Trinajstić information content (AvgIpc) is 2.63. The summed E-state index contributed by atoms with van der Waals surface area (Å²) in [4.78, 5) is 25.0. The number of benzene rings is 1. The maximum Gasteiger partial charge on any atom is 0.256 e. The lowest BCUT2D eigenvalue weighted by atomic mass is 10.1. The number of piperazine rings is 1. The van der Waals surface area contributed by atoms with Gasteiger partial charge in [-0.2, -0.15) is 0 Å². The third kappa shape index (κ3) is 3.75. The van der Waals surface area contributed by atoms with E-state index in [1.54, 1.807) is 35.5 Å². The quantitative estimate of drug-likeness (QED) is 0.908. The average molecular weight is 361 g/mol. The standard InChI is InChI=1S/C18H21ClN4O2/c1-12-13(2)20-11-21-17(12)22-6-8-23(9-7-22)18(25)16(24)14-4-3-5-15(19)10-14/h3-5,10-11,16,24H,6-9H2,1-2H3/t16-/m0/s1. The van der Waals surface area contributed by atoms with Gasteiger partial charge in [-0.05, 0) is 31.5 Å². The van der Waals surface area contributed by atoms with Crippen LogP contribution in [0.2, 0.25) is 5.02 Å². The first-order chi connectivity index (χ1) is 12.0. The molecule has 25 heavy (non-hydrogen) atoms. The number of rotatable bonds is 3. The summed E-state index contributed by atoms with van der Waals surface area (Å²) in [5.41, 5.74) is 2.53. The molecule has 3 rings (SSSR count). The Balaban J connectivity index is 1.65. The Labute approximate surface area is 152 Å². The molecule has 2 heterocycles. The zero-order valence-corrected chi connectivity index (χ0v) is 15.1. The van der Waals surface area contributed by atoms with Gasteiger partial charge in [0.15, 0.2) is 6.10 Å². The van der Waals surface area contributed by atoms with E-state index < -0.39 is 6.10 Å². The largest absolute Gasteiger partial charge is 0.378 e. The molecule has 1 saturated heterocycles. The van der Waals surface area contributed by atoms with Crippen molar-refractivity contribution in [1.29, 1.82) is 0 Å². The molecule has 0 unspecified atom stereocenters. The molecule has 0 saturated carbocycles. The van der Waals surface area contributed by atoms with E-state index in [2.05, 4.69) is 14.9 Å². The highest BCUT2D eigenvalue weighted by Gasteiger charge is 2.28. The predicted octanol–water partition coefficient (Wildman–Crippen LogP) is 2.13. The van der Waals surface area contributed by atoms with Gasteiger partial charge in [0.1, 0.15) is 12.1 Å². The molecule has 0 aliphatic carbocycles. The van der Waals surface area contributed by atoms with Gasteiger partial charge in [-0.1, -0.05) is 23.7 Å². The number of aliphatic hydroxyl groups excluding tert-OH is 1. The molecular formula is C18H21ClN4O2. The minimum absolute atomic E-state index is 0.294. The van der Waals surface area contributed by atoms with Crippen molar-refractivity contribution in [2.45, 2.75) is 20.0 Å². The molecule has 0 spiro atoms.